The van der Waals surface area contributed by atoms with E-state index in [1.165, 1.54) is 41.9 Å². The van der Waals surface area contributed by atoms with E-state index in [1.807, 2.05) is 0 Å². The Kier molecular flexibility index (Phi) is 8.90. The maximum atomic E-state index is 13.2. The first-order valence-electron chi connectivity index (χ1n) is 14.5. The van der Waals surface area contributed by atoms with Gasteiger partial charge in [-0.15, -0.1) is 0 Å². The molecule has 0 saturated carbocycles. The second-order valence-electron chi connectivity index (χ2n) is 11.1. The predicted octanol–water partition coefficient (Wildman–Crippen LogP) is 2.12. The zero-order chi connectivity index (χ0) is 34.9. The van der Waals surface area contributed by atoms with Crippen molar-refractivity contribution >= 4 is 58.1 Å². The number of nitro benzene ring substituents is 1. The summed E-state index contributed by atoms with van der Waals surface area (Å²) >= 11 is 0. The van der Waals surface area contributed by atoms with Crippen LogP contribution >= 0.6 is 0 Å². The number of carbonyl (C=O) groups excluding carboxylic acids is 5. The van der Waals surface area contributed by atoms with Gasteiger partial charge in [-0.3, -0.25) is 34.3 Å². The Hall–Kier alpha value is -6.59. The Bertz CT molecular complexity index is 1970. The van der Waals surface area contributed by atoms with Crippen molar-refractivity contribution in [1.29, 1.82) is 0 Å². The number of nitrogens with zero attached hydrogens (tertiary/aromatic N) is 6. The van der Waals surface area contributed by atoms with Crippen molar-refractivity contribution in [3.63, 3.8) is 0 Å². The molecule has 1 aliphatic rings. The minimum absolute atomic E-state index is 0.00530. The lowest BCUT2D eigenvalue weighted by Crippen LogP contribution is -2.42. The standard InChI is InChI=1S/C30H33N11O7/c1-36-11-9-20(26(36)29(45)32-10-8-25(31)42)35-28(44)24-12-17(14-37(24)2)33-27(43)23-13-18(15-38(23)3)34-30(46)40-16-19-21(39(40)4)6-5-7-22(19)41(47)48/h5-7,9,11-15H,8,10,16H2,1-4H3,(H2,31,42)(H,32,45)(H,33,43)(H,34,46)(H,35,44). The van der Waals surface area contributed by atoms with Gasteiger partial charge in [-0.25, -0.2) is 9.80 Å². The fourth-order valence-electron chi connectivity index (χ4n) is 5.38. The highest BCUT2D eigenvalue weighted by molar-refractivity contribution is 6.09. The van der Waals surface area contributed by atoms with Gasteiger partial charge in [0.25, 0.3) is 23.4 Å². The summed E-state index contributed by atoms with van der Waals surface area (Å²) in [7, 11) is 6.49. The number of fused-ring (bicyclic) bond motifs is 1. The molecule has 1 aromatic carbocycles. The summed E-state index contributed by atoms with van der Waals surface area (Å²) in [6, 6.07) is 8.57. The summed E-state index contributed by atoms with van der Waals surface area (Å²) in [5, 5.41) is 25.1. The molecule has 3 aromatic heterocycles. The summed E-state index contributed by atoms with van der Waals surface area (Å²) in [5.74, 6) is -2.12. The number of primary amides is 1. The first kappa shape index (κ1) is 32.8. The quantitative estimate of drug-likeness (QED) is 0.125. The van der Waals surface area contributed by atoms with Gasteiger partial charge in [-0.05, 0) is 24.3 Å². The minimum Gasteiger partial charge on any atom is -0.370 e. The normalized spacial score (nSPS) is 12.0. The van der Waals surface area contributed by atoms with Gasteiger partial charge in [-0.2, -0.15) is 0 Å². The third kappa shape index (κ3) is 6.52. The number of hydrogen-bond donors (Lipinski definition) is 5. The van der Waals surface area contributed by atoms with Crippen LogP contribution in [0.1, 0.15) is 43.4 Å². The van der Waals surface area contributed by atoms with E-state index in [9.17, 15) is 34.1 Å². The molecule has 4 heterocycles. The Morgan fingerprint density at radius 3 is 2.10 bits per heavy atom. The number of nitrogens with two attached hydrogens (primary N) is 1. The first-order chi connectivity index (χ1) is 22.7. The summed E-state index contributed by atoms with van der Waals surface area (Å²) < 4.78 is 4.54. The van der Waals surface area contributed by atoms with Gasteiger partial charge in [-0.1, -0.05) is 6.07 Å². The molecule has 18 nitrogen and oxygen atoms in total. The van der Waals surface area contributed by atoms with Crippen LogP contribution in [-0.2, 0) is 32.5 Å². The zero-order valence-corrected chi connectivity index (χ0v) is 26.4. The second-order valence-corrected chi connectivity index (χ2v) is 11.1. The van der Waals surface area contributed by atoms with Crippen molar-refractivity contribution in [2.75, 3.05) is 34.6 Å². The fourth-order valence-corrected chi connectivity index (χ4v) is 5.38. The van der Waals surface area contributed by atoms with Crippen LogP contribution in [0.2, 0.25) is 0 Å². The Balaban J connectivity index is 1.23. The molecule has 4 aromatic rings. The third-order valence-corrected chi connectivity index (χ3v) is 7.75. The number of benzene rings is 1. The SMILES string of the molecule is CN1c2cccc([N+](=O)[O-])c2CN1C(=O)Nc1cc(C(=O)Nc2cc(C(=O)Nc3ccn(C)c3C(=O)NCCC(N)=O)n(C)c2)n(C)c1. The van der Waals surface area contributed by atoms with Crippen molar-refractivity contribution in [3.05, 3.63) is 87.7 Å². The predicted molar refractivity (Wildman–Crippen MR) is 174 cm³/mol. The molecule has 0 saturated heterocycles. The Morgan fingerprint density at radius 1 is 0.854 bits per heavy atom. The van der Waals surface area contributed by atoms with Crippen LogP contribution in [0.5, 0.6) is 0 Å². The molecule has 250 valence electrons. The van der Waals surface area contributed by atoms with Crippen LogP contribution in [0, 0.1) is 10.1 Å². The number of amides is 6. The van der Waals surface area contributed by atoms with Crippen LogP contribution in [0.4, 0.5) is 33.2 Å². The molecule has 6 amide bonds. The molecule has 0 atom stereocenters. The van der Waals surface area contributed by atoms with Gasteiger partial charge in [0.1, 0.15) is 17.1 Å². The molecule has 18 heteroatoms. The van der Waals surface area contributed by atoms with Gasteiger partial charge in [0.2, 0.25) is 5.91 Å². The molecular weight excluding hydrogens is 626 g/mol. The highest BCUT2D eigenvalue weighted by Crippen LogP contribution is 2.36. The van der Waals surface area contributed by atoms with Gasteiger partial charge in [0.15, 0.2) is 0 Å². The zero-order valence-electron chi connectivity index (χ0n) is 26.4. The van der Waals surface area contributed by atoms with E-state index in [1.54, 1.807) is 65.0 Å². The number of carbonyl (C=O) groups is 5. The molecule has 0 unspecified atom stereocenters. The molecule has 0 aliphatic carbocycles. The number of hydrogen-bond acceptors (Lipinski definition) is 8. The smallest absolute Gasteiger partial charge is 0.341 e. The number of aromatic nitrogens is 3. The molecule has 1 aliphatic heterocycles. The lowest BCUT2D eigenvalue weighted by Gasteiger charge is -2.26. The number of urea groups is 1. The summed E-state index contributed by atoms with van der Waals surface area (Å²) in [6.07, 6.45) is 4.65. The van der Waals surface area contributed by atoms with Gasteiger partial charge < -0.3 is 40.7 Å². The van der Waals surface area contributed by atoms with E-state index in [4.69, 9.17) is 5.73 Å². The topological polar surface area (TPSA) is 224 Å². The average molecular weight is 660 g/mol. The summed E-state index contributed by atoms with van der Waals surface area (Å²) in [5.41, 5.74) is 7.42. The monoisotopic (exact) mass is 659 g/mol. The maximum Gasteiger partial charge on any atom is 0.341 e. The molecule has 0 spiro atoms. The molecule has 0 fully saturated rings. The minimum atomic E-state index is -0.560. The Morgan fingerprint density at radius 2 is 1.48 bits per heavy atom. The maximum absolute atomic E-state index is 13.2. The number of rotatable bonds is 10. The first-order valence-corrected chi connectivity index (χ1v) is 14.5. The van der Waals surface area contributed by atoms with E-state index in [0.29, 0.717) is 22.6 Å². The van der Waals surface area contributed by atoms with E-state index < -0.39 is 34.6 Å². The van der Waals surface area contributed by atoms with Crippen LogP contribution in [0.25, 0.3) is 0 Å². The second kappa shape index (κ2) is 13.0. The average Bonchev–Trinajstić information content (AvgIpc) is 3.77. The number of aryl methyl sites for hydroxylation is 3. The summed E-state index contributed by atoms with van der Waals surface area (Å²) in [6.45, 7) is 0.0363. The van der Waals surface area contributed by atoms with Crippen molar-refractivity contribution < 1.29 is 28.9 Å². The van der Waals surface area contributed by atoms with Gasteiger partial charge >= 0.3 is 6.03 Å². The summed E-state index contributed by atoms with van der Waals surface area (Å²) in [4.78, 5) is 74.2. The van der Waals surface area contributed by atoms with Crippen LogP contribution < -0.4 is 32.0 Å². The third-order valence-electron chi connectivity index (χ3n) is 7.75. The Labute approximate surface area is 273 Å². The highest BCUT2D eigenvalue weighted by atomic mass is 16.6. The number of anilines is 4. The molecule has 0 bridgehead atoms. The van der Waals surface area contributed by atoms with Crippen LogP contribution in [-0.4, -0.2) is 66.9 Å². The van der Waals surface area contributed by atoms with Crippen LogP contribution in [0.3, 0.4) is 0 Å². The molecule has 48 heavy (non-hydrogen) atoms. The number of nitrogens with one attached hydrogen (secondary N) is 4. The van der Waals surface area contributed by atoms with Crippen molar-refractivity contribution in [2.24, 2.45) is 26.9 Å². The molecule has 6 N–H and O–H groups in total. The lowest BCUT2D eigenvalue weighted by molar-refractivity contribution is -0.385. The van der Waals surface area contributed by atoms with Crippen molar-refractivity contribution in [1.82, 2.24) is 24.0 Å². The van der Waals surface area contributed by atoms with Gasteiger partial charge in [0, 0.05) is 65.8 Å². The van der Waals surface area contributed by atoms with Crippen LogP contribution in [0.15, 0.2) is 55.0 Å². The van der Waals surface area contributed by atoms with E-state index in [2.05, 4.69) is 21.3 Å². The number of hydrazine groups is 1. The lowest BCUT2D eigenvalue weighted by atomic mass is 10.1. The molecular formula is C30H33N11O7. The largest absolute Gasteiger partial charge is 0.370 e. The van der Waals surface area contributed by atoms with Crippen molar-refractivity contribution in [3.8, 4) is 0 Å². The van der Waals surface area contributed by atoms with Crippen molar-refractivity contribution in [2.45, 2.75) is 13.0 Å². The highest BCUT2D eigenvalue weighted by Gasteiger charge is 2.34. The molecule has 5 rings (SSSR count). The van der Waals surface area contributed by atoms with E-state index >= 15 is 0 Å². The van der Waals surface area contributed by atoms with E-state index in [0.717, 1.165) is 0 Å². The molecule has 0 radical (unpaired) electrons. The van der Waals surface area contributed by atoms with E-state index in [-0.39, 0.29) is 48.0 Å². The van der Waals surface area contributed by atoms with Gasteiger partial charge in [0.05, 0.1) is 39.8 Å². The fraction of sp³-hybridized carbons (Fsp3) is 0.233. The number of nitro groups is 1.